The van der Waals surface area contributed by atoms with Crippen LogP contribution in [-0.4, -0.2) is 18.6 Å². The van der Waals surface area contributed by atoms with Crippen LogP contribution in [0.4, 0.5) is 5.69 Å². The third-order valence-electron chi connectivity index (χ3n) is 2.05. The molecule has 0 amide bonds. The van der Waals surface area contributed by atoms with Gasteiger partial charge in [0.1, 0.15) is 0 Å². The fraction of sp³-hybridized carbons (Fsp3) is 0.545. The lowest BCUT2D eigenvalue weighted by Gasteiger charge is -1.98. The lowest BCUT2D eigenvalue weighted by molar-refractivity contribution is 0.576. The van der Waals surface area contributed by atoms with E-state index in [-0.39, 0.29) is 0 Å². The minimum absolute atomic E-state index is 0.713. The van der Waals surface area contributed by atoms with E-state index in [1.807, 2.05) is 19.2 Å². The molecule has 1 aromatic heterocycles. The summed E-state index contributed by atoms with van der Waals surface area (Å²) in [7, 11) is 1.87. The van der Waals surface area contributed by atoms with E-state index in [4.69, 9.17) is 5.73 Å². The van der Waals surface area contributed by atoms with Crippen LogP contribution < -0.4 is 11.1 Å². The van der Waals surface area contributed by atoms with E-state index < -0.39 is 0 Å². The Labute approximate surface area is 86.7 Å². The van der Waals surface area contributed by atoms with Crippen LogP contribution in [0.15, 0.2) is 24.5 Å². The molecule has 3 heteroatoms. The van der Waals surface area contributed by atoms with Crippen LogP contribution in [-0.2, 0) is 0 Å². The van der Waals surface area contributed by atoms with Crippen molar-refractivity contribution in [3.63, 3.8) is 0 Å². The summed E-state index contributed by atoms with van der Waals surface area (Å²) in [6.45, 7) is 5.13. The minimum atomic E-state index is 0.713. The predicted molar refractivity (Wildman–Crippen MR) is 62.3 cm³/mol. The van der Waals surface area contributed by atoms with Crippen molar-refractivity contribution in [3.8, 4) is 0 Å². The van der Waals surface area contributed by atoms with Crippen molar-refractivity contribution in [3.05, 3.63) is 24.5 Å². The number of pyridine rings is 1. The van der Waals surface area contributed by atoms with Gasteiger partial charge in [0.2, 0.25) is 0 Å². The highest BCUT2D eigenvalue weighted by Crippen LogP contribution is 1.98. The van der Waals surface area contributed by atoms with Gasteiger partial charge >= 0.3 is 0 Å². The molecule has 1 rings (SSSR count). The Morgan fingerprint density at radius 1 is 1.57 bits per heavy atom. The Bertz CT molecular complexity index is 207. The molecule has 0 spiro atoms. The van der Waals surface area contributed by atoms with Gasteiger partial charge in [-0.15, -0.1) is 0 Å². The van der Waals surface area contributed by atoms with Crippen molar-refractivity contribution in [2.24, 2.45) is 11.7 Å². The van der Waals surface area contributed by atoms with E-state index in [2.05, 4.69) is 24.1 Å². The number of hydrogen-bond acceptors (Lipinski definition) is 3. The monoisotopic (exact) mass is 195 g/mol. The summed E-state index contributed by atoms with van der Waals surface area (Å²) >= 11 is 0. The first kappa shape index (κ1) is 12.9. The van der Waals surface area contributed by atoms with E-state index >= 15 is 0 Å². The molecule has 3 nitrogen and oxygen atoms in total. The largest absolute Gasteiger partial charge is 0.387 e. The molecule has 1 heterocycles. The summed E-state index contributed by atoms with van der Waals surface area (Å²) in [6.07, 6.45) is 4.73. The number of nitrogens with two attached hydrogens (primary N) is 1. The zero-order chi connectivity index (χ0) is 10.8. The standard InChI is InChI=1S/C6H8N2.C5H13N/c1-7-6-3-2-4-8-5-6;1-3-5(2)4-6/h2-5,7H,1H3;5H,3-4,6H2,1-2H3. The topological polar surface area (TPSA) is 50.9 Å². The molecule has 0 fully saturated rings. The minimum Gasteiger partial charge on any atom is -0.387 e. The maximum absolute atomic E-state index is 5.28. The molecule has 0 aliphatic heterocycles. The first-order chi connectivity index (χ1) is 6.74. The lowest BCUT2D eigenvalue weighted by atomic mass is 10.1. The van der Waals surface area contributed by atoms with Gasteiger partial charge in [0.15, 0.2) is 0 Å². The van der Waals surface area contributed by atoms with Crippen molar-refractivity contribution in [2.45, 2.75) is 20.3 Å². The SMILES string of the molecule is CCC(C)CN.CNc1cccnc1. The molecular weight excluding hydrogens is 174 g/mol. The van der Waals surface area contributed by atoms with Crippen molar-refractivity contribution < 1.29 is 0 Å². The van der Waals surface area contributed by atoms with Crippen LogP contribution in [0.3, 0.4) is 0 Å². The highest BCUT2D eigenvalue weighted by atomic mass is 14.8. The van der Waals surface area contributed by atoms with Gasteiger partial charge in [0.05, 0.1) is 5.69 Å². The molecule has 0 aliphatic carbocycles. The number of anilines is 1. The van der Waals surface area contributed by atoms with E-state index in [1.54, 1.807) is 12.4 Å². The van der Waals surface area contributed by atoms with Gasteiger partial charge in [-0.3, -0.25) is 4.98 Å². The summed E-state index contributed by atoms with van der Waals surface area (Å²) in [6, 6.07) is 3.86. The van der Waals surface area contributed by atoms with Crippen LogP contribution in [0.5, 0.6) is 0 Å². The predicted octanol–water partition coefficient (Wildman–Crippen LogP) is 2.11. The highest BCUT2D eigenvalue weighted by molar-refractivity contribution is 5.38. The summed E-state index contributed by atoms with van der Waals surface area (Å²) in [5.74, 6) is 0.713. The van der Waals surface area contributed by atoms with Gasteiger partial charge in [-0.05, 0) is 24.6 Å². The molecule has 14 heavy (non-hydrogen) atoms. The molecule has 3 N–H and O–H groups in total. The molecule has 80 valence electrons. The molecule has 1 aromatic rings. The number of nitrogens with zero attached hydrogens (tertiary/aromatic N) is 1. The maximum atomic E-state index is 5.28. The first-order valence-corrected chi connectivity index (χ1v) is 5.02. The average molecular weight is 195 g/mol. The zero-order valence-electron chi connectivity index (χ0n) is 9.33. The fourth-order valence-corrected chi connectivity index (χ4v) is 0.677. The van der Waals surface area contributed by atoms with Crippen molar-refractivity contribution in [1.82, 2.24) is 4.98 Å². The van der Waals surface area contributed by atoms with Crippen molar-refractivity contribution in [1.29, 1.82) is 0 Å². The molecule has 0 saturated heterocycles. The van der Waals surface area contributed by atoms with E-state index in [0.717, 1.165) is 12.2 Å². The summed E-state index contributed by atoms with van der Waals surface area (Å²) in [5.41, 5.74) is 6.33. The molecular formula is C11H21N3. The second kappa shape index (κ2) is 8.51. The summed E-state index contributed by atoms with van der Waals surface area (Å²) in [5, 5.41) is 2.96. The molecule has 1 atom stereocenters. The maximum Gasteiger partial charge on any atom is 0.0524 e. The Morgan fingerprint density at radius 2 is 2.29 bits per heavy atom. The Hall–Kier alpha value is -1.09. The molecule has 0 saturated carbocycles. The Kier molecular flexibility index (Phi) is 7.84. The average Bonchev–Trinajstić information content (AvgIpc) is 2.30. The number of hydrogen-bond donors (Lipinski definition) is 2. The lowest BCUT2D eigenvalue weighted by Crippen LogP contribution is -2.08. The van der Waals surface area contributed by atoms with E-state index in [9.17, 15) is 0 Å². The van der Waals surface area contributed by atoms with Gasteiger partial charge in [-0.2, -0.15) is 0 Å². The smallest absolute Gasteiger partial charge is 0.0524 e. The molecule has 0 aliphatic rings. The molecule has 0 radical (unpaired) electrons. The third kappa shape index (κ3) is 6.43. The van der Waals surface area contributed by atoms with Gasteiger partial charge in [-0.25, -0.2) is 0 Å². The van der Waals surface area contributed by atoms with Gasteiger partial charge < -0.3 is 11.1 Å². The normalized spacial score (nSPS) is 11.1. The highest BCUT2D eigenvalue weighted by Gasteiger charge is 1.89. The fourth-order valence-electron chi connectivity index (χ4n) is 0.677. The van der Waals surface area contributed by atoms with E-state index in [0.29, 0.717) is 5.92 Å². The van der Waals surface area contributed by atoms with Gasteiger partial charge in [0, 0.05) is 19.4 Å². The number of aromatic nitrogens is 1. The van der Waals surface area contributed by atoms with Crippen molar-refractivity contribution in [2.75, 3.05) is 18.9 Å². The van der Waals surface area contributed by atoms with Gasteiger partial charge in [-0.1, -0.05) is 20.3 Å². The second-order valence-corrected chi connectivity index (χ2v) is 3.24. The zero-order valence-corrected chi connectivity index (χ0v) is 9.33. The third-order valence-corrected chi connectivity index (χ3v) is 2.05. The van der Waals surface area contributed by atoms with Crippen LogP contribution in [0, 0.1) is 5.92 Å². The quantitative estimate of drug-likeness (QED) is 0.776. The molecule has 0 bridgehead atoms. The van der Waals surface area contributed by atoms with Crippen LogP contribution in [0.1, 0.15) is 20.3 Å². The van der Waals surface area contributed by atoms with E-state index in [1.165, 1.54) is 6.42 Å². The molecule has 1 unspecified atom stereocenters. The first-order valence-electron chi connectivity index (χ1n) is 5.02. The number of nitrogens with one attached hydrogen (secondary N) is 1. The summed E-state index contributed by atoms with van der Waals surface area (Å²) in [4.78, 5) is 3.89. The second-order valence-electron chi connectivity index (χ2n) is 3.24. The van der Waals surface area contributed by atoms with Gasteiger partial charge in [0.25, 0.3) is 0 Å². The van der Waals surface area contributed by atoms with Crippen LogP contribution >= 0.6 is 0 Å². The number of rotatable bonds is 3. The van der Waals surface area contributed by atoms with Crippen molar-refractivity contribution >= 4 is 5.69 Å². The Morgan fingerprint density at radius 3 is 2.50 bits per heavy atom. The van der Waals surface area contributed by atoms with Crippen LogP contribution in [0.2, 0.25) is 0 Å². The Balaban J connectivity index is 0.000000255. The summed E-state index contributed by atoms with van der Waals surface area (Å²) < 4.78 is 0. The molecule has 0 aromatic carbocycles. The van der Waals surface area contributed by atoms with Crippen LogP contribution in [0.25, 0.3) is 0 Å².